The SMILES string of the molecule is OCC1(Cc2ccccc2)CCN(Cc2nc3ccccc3s2)CC1. The van der Waals surface area contributed by atoms with Gasteiger partial charge in [0.1, 0.15) is 5.01 Å². The van der Waals surface area contributed by atoms with Crippen LogP contribution in [-0.2, 0) is 13.0 Å². The summed E-state index contributed by atoms with van der Waals surface area (Å²) >= 11 is 1.80. The third-order valence-corrected chi connectivity index (χ3v) is 6.39. The van der Waals surface area contributed by atoms with Gasteiger partial charge in [-0.25, -0.2) is 4.98 Å². The second-order valence-electron chi connectivity index (χ2n) is 7.17. The molecule has 2 heterocycles. The average Bonchev–Trinajstić information content (AvgIpc) is 3.07. The molecule has 0 saturated carbocycles. The molecule has 1 saturated heterocycles. The summed E-state index contributed by atoms with van der Waals surface area (Å²) in [5.41, 5.74) is 2.47. The first-order valence-electron chi connectivity index (χ1n) is 8.98. The second-order valence-corrected chi connectivity index (χ2v) is 8.29. The summed E-state index contributed by atoms with van der Waals surface area (Å²) in [5.74, 6) is 0. The van der Waals surface area contributed by atoms with E-state index in [0.29, 0.717) is 0 Å². The Labute approximate surface area is 152 Å². The molecule has 4 heteroatoms. The topological polar surface area (TPSA) is 36.4 Å². The molecular weight excluding hydrogens is 328 g/mol. The van der Waals surface area contributed by atoms with Crippen molar-refractivity contribution in [3.05, 3.63) is 65.2 Å². The third kappa shape index (κ3) is 3.76. The zero-order valence-electron chi connectivity index (χ0n) is 14.4. The number of hydrogen-bond acceptors (Lipinski definition) is 4. The van der Waals surface area contributed by atoms with Crippen LogP contribution in [0.25, 0.3) is 10.2 Å². The number of hydrogen-bond donors (Lipinski definition) is 1. The van der Waals surface area contributed by atoms with E-state index in [0.717, 1.165) is 44.4 Å². The summed E-state index contributed by atoms with van der Waals surface area (Å²) in [5, 5.41) is 11.2. The molecule has 1 aliphatic heterocycles. The molecule has 0 unspecified atom stereocenters. The first-order chi connectivity index (χ1) is 12.3. The Bertz CT molecular complexity index is 789. The minimum Gasteiger partial charge on any atom is -0.396 e. The van der Waals surface area contributed by atoms with Gasteiger partial charge in [-0.2, -0.15) is 0 Å². The fourth-order valence-electron chi connectivity index (χ4n) is 3.78. The molecule has 0 radical (unpaired) electrons. The van der Waals surface area contributed by atoms with Crippen molar-refractivity contribution in [2.45, 2.75) is 25.8 Å². The predicted octanol–water partition coefficient (Wildman–Crippen LogP) is 4.11. The van der Waals surface area contributed by atoms with Gasteiger partial charge in [0.05, 0.1) is 16.8 Å². The van der Waals surface area contributed by atoms with Gasteiger partial charge in [0.25, 0.3) is 0 Å². The molecule has 0 bridgehead atoms. The molecular formula is C21H24N2OS. The monoisotopic (exact) mass is 352 g/mol. The first-order valence-corrected chi connectivity index (χ1v) is 9.80. The molecule has 3 aromatic rings. The highest BCUT2D eigenvalue weighted by Gasteiger charge is 2.34. The Morgan fingerprint density at radius 1 is 1.00 bits per heavy atom. The predicted molar refractivity (Wildman–Crippen MR) is 104 cm³/mol. The highest BCUT2D eigenvalue weighted by Crippen LogP contribution is 2.35. The molecule has 1 aliphatic rings. The smallest absolute Gasteiger partial charge is 0.108 e. The van der Waals surface area contributed by atoms with E-state index in [1.807, 2.05) is 6.07 Å². The molecule has 0 amide bonds. The van der Waals surface area contributed by atoms with Crippen molar-refractivity contribution in [3.8, 4) is 0 Å². The van der Waals surface area contributed by atoms with Crippen LogP contribution in [0.3, 0.4) is 0 Å². The quantitative estimate of drug-likeness (QED) is 0.750. The Hall–Kier alpha value is -1.75. The molecule has 25 heavy (non-hydrogen) atoms. The molecule has 0 atom stereocenters. The second kappa shape index (κ2) is 7.24. The highest BCUT2D eigenvalue weighted by atomic mass is 32.1. The molecule has 1 fully saturated rings. The van der Waals surface area contributed by atoms with Crippen LogP contribution in [0.2, 0.25) is 0 Å². The molecule has 0 aliphatic carbocycles. The molecule has 2 aromatic carbocycles. The fourth-order valence-corrected chi connectivity index (χ4v) is 4.79. The summed E-state index contributed by atoms with van der Waals surface area (Å²) in [6, 6.07) is 18.9. The third-order valence-electron chi connectivity index (χ3n) is 5.37. The van der Waals surface area contributed by atoms with Crippen LogP contribution < -0.4 is 0 Å². The lowest BCUT2D eigenvalue weighted by molar-refractivity contribution is 0.0413. The highest BCUT2D eigenvalue weighted by molar-refractivity contribution is 7.18. The number of para-hydroxylation sites is 1. The van der Waals surface area contributed by atoms with Crippen molar-refractivity contribution < 1.29 is 5.11 Å². The van der Waals surface area contributed by atoms with E-state index in [1.54, 1.807) is 11.3 Å². The zero-order chi connectivity index (χ0) is 17.1. The Morgan fingerprint density at radius 3 is 2.44 bits per heavy atom. The first kappa shape index (κ1) is 16.7. The maximum atomic E-state index is 10.0. The van der Waals surface area contributed by atoms with Gasteiger partial charge in [0, 0.05) is 6.61 Å². The van der Waals surface area contributed by atoms with Crippen LogP contribution in [0.5, 0.6) is 0 Å². The Kier molecular flexibility index (Phi) is 4.84. The molecule has 1 aromatic heterocycles. The van der Waals surface area contributed by atoms with Crippen LogP contribution in [0.15, 0.2) is 54.6 Å². The molecule has 1 N–H and O–H groups in total. The summed E-state index contributed by atoms with van der Waals surface area (Å²) in [4.78, 5) is 7.24. The number of thiazole rings is 1. The number of piperidine rings is 1. The van der Waals surface area contributed by atoms with Crippen LogP contribution in [-0.4, -0.2) is 34.7 Å². The minimum absolute atomic E-state index is 0.0332. The number of benzene rings is 2. The Balaban J connectivity index is 1.39. The van der Waals surface area contributed by atoms with Gasteiger partial charge in [-0.05, 0) is 55.5 Å². The fraction of sp³-hybridized carbons (Fsp3) is 0.381. The maximum absolute atomic E-state index is 10.0. The molecule has 130 valence electrons. The number of nitrogens with zero attached hydrogens (tertiary/aromatic N) is 2. The van der Waals surface area contributed by atoms with Crippen molar-refractivity contribution >= 4 is 21.6 Å². The van der Waals surface area contributed by atoms with E-state index in [9.17, 15) is 5.11 Å². The van der Waals surface area contributed by atoms with Gasteiger partial charge in [0.2, 0.25) is 0 Å². The lowest BCUT2D eigenvalue weighted by Crippen LogP contribution is -2.42. The minimum atomic E-state index is 0.0332. The van der Waals surface area contributed by atoms with E-state index in [4.69, 9.17) is 4.98 Å². The maximum Gasteiger partial charge on any atom is 0.108 e. The summed E-state index contributed by atoms with van der Waals surface area (Å²) in [7, 11) is 0. The summed E-state index contributed by atoms with van der Waals surface area (Å²) < 4.78 is 1.27. The number of fused-ring (bicyclic) bond motifs is 1. The normalized spacial score (nSPS) is 17.8. The van der Waals surface area contributed by atoms with Crippen molar-refractivity contribution in [2.24, 2.45) is 5.41 Å². The largest absolute Gasteiger partial charge is 0.396 e. The van der Waals surface area contributed by atoms with E-state index in [-0.39, 0.29) is 12.0 Å². The van der Waals surface area contributed by atoms with Crippen molar-refractivity contribution in [1.82, 2.24) is 9.88 Å². The van der Waals surface area contributed by atoms with Gasteiger partial charge >= 0.3 is 0 Å². The summed E-state index contributed by atoms with van der Waals surface area (Å²) in [6.07, 6.45) is 3.06. The van der Waals surface area contributed by atoms with Gasteiger partial charge in [-0.3, -0.25) is 4.90 Å². The van der Waals surface area contributed by atoms with Crippen molar-refractivity contribution in [1.29, 1.82) is 0 Å². The number of rotatable bonds is 5. The van der Waals surface area contributed by atoms with Crippen LogP contribution in [0.1, 0.15) is 23.4 Å². The molecule has 4 rings (SSSR count). The van der Waals surface area contributed by atoms with Crippen LogP contribution in [0.4, 0.5) is 0 Å². The van der Waals surface area contributed by atoms with Gasteiger partial charge in [0.15, 0.2) is 0 Å². The van der Waals surface area contributed by atoms with Crippen LogP contribution in [0, 0.1) is 5.41 Å². The Morgan fingerprint density at radius 2 is 1.72 bits per heavy atom. The van der Waals surface area contributed by atoms with E-state index < -0.39 is 0 Å². The van der Waals surface area contributed by atoms with Gasteiger partial charge < -0.3 is 5.11 Å². The van der Waals surface area contributed by atoms with Gasteiger partial charge in [-0.15, -0.1) is 11.3 Å². The number of aliphatic hydroxyl groups excluding tert-OH is 1. The van der Waals surface area contributed by atoms with E-state index in [1.165, 1.54) is 15.3 Å². The number of aromatic nitrogens is 1. The van der Waals surface area contributed by atoms with Gasteiger partial charge in [-0.1, -0.05) is 42.5 Å². The average molecular weight is 353 g/mol. The summed E-state index contributed by atoms with van der Waals surface area (Å²) in [6.45, 7) is 3.26. The van der Waals surface area contributed by atoms with E-state index in [2.05, 4.69) is 53.4 Å². The molecule has 0 spiro atoms. The number of aliphatic hydroxyl groups is 1. The van der Waals surface area contributed by atoms with Crippen molar-refractivity contribution in [3.63, 3.8) is 0 Å². The standard InChI is InChI=1S/C21H24N2OS/c24-16-21(14-17-6-2-1-3-7-17)10-12-23(13-11-21)15-20-22-18-8-4-5-9-19(18)25-20/h1-9,24H,10-16H2. The lowest BCUT2D eigenvalue weighted by atomic mass is 9.74. The lowest BCUT2D eigenvalue weighted by Gasteiger charge is -2.40. The van der Waals surface area contributed by atoms with E-state index >= 15 is 0 Å². The van der Waals surface area contributed by atoms with Crippen molar-refractivity contribution in [2.75, 3.05) is 19.7 Å². The zero-order valence-corrected chi connectivity index (χ0v) is 15.2. The van der Waals surface area contributed by atoms with Crippen LogP contribution >= 0.6 is 11.3 Å². The number of likely N-dealkylation sites (tertiary alicyclic amines) is 1. The molecule has 3 nitrogen and oxygen atoms in total.